The zero-order valence-corrected chi connectivity index (χ0v) is 16.0. The van der Waals surface area contributed by atoms with E-state index in [1.165, 1.54) is 27.3 Å². The van der Waals surface area contributed by atoms with E-state index in [4.69, 9.17) is 0 Å². The van der Waals surface area contributed by atoms with Gasteiger partial charge in [0.05, 0.1) is 21.6 Å². The van der Waals surface area contributed by atoms with Crippen molar-refractivity contribution in [1.29, 1.82) is 0 Å². The van der Waals surface area contributed by atoms with Gasteiger partial charge >= 0.3 is 5.69 Å². The van der Waals surface area contributed by atoms with Crippen molar-refractivity contribution in [1.82, 2.24) is 23.4 Å². The molecule has 0 atom stereocenters. The highest BCUT2D eigenvalue weighted by Crippen LogP contribution is 2.19. The summed E-state index contributed by atoms with van der Waals surface area (Å²) in [5, 5.41) is 3.87. The van der Waals surface area contributed by atoms with Gasteiger partial charge in [0.1, 0.15) is 4.88 Å². The van der Waals surface area contributed by atoms with E-state index < -0.39 is 15.9 Å². The van der Waals surface area contributed by atoms with Gasteiger partial charge in [0.2, 0.25) is 0 Å². The zero-order valence-electron chi connectivity index (χ0n) is 14.4. The molecule has 0 spiro atoms. The Morgan fingerprint density at radius 1 is 1.23 bits per heavy atom. The fourth-order valence-electron chi connectivity index (χ4n) is 2.66. The van der Waals surface area contributed by atoms with Gasteiger partial charge in [-0.3, -0.25) is 13.9 Å². The summed E-state index contributed by atoms with van der Waals surface area (Å²) in [6, 6.07) is 4.26. The van der Waals surface area contributed by atoms with Crippen LogP contribution in [0.4, 0.5) is 0 Å². The summed E-state index contributed by atoms with van der Waals surface area (Å²) in [5.74, 6) is -0.759. The summed E-state index contributed by atoms with van der Waals surface area (Å²) in [6.45, 7) is 1.93. The number of fused-ring (bicyclic) bond motifs is 1. The third-order valence-corrected chi connectivity index (χ3v) is 6.13. The van der Waals surface area contributed by atoms with Crippen LogP contribution in [-0.2, 0) is 30.5 Å². The average Bonchev–Trinajstić information content (AvgIpc) is 3.14. The van der Waals surface area contributed by atoms with Crippen LogP contribution in [0.15, 0.2) is 27.9 Å². The first-order valence-electron chi connectivity index (χ1n) is 7.80. The molecule has 0 bridgehead atoms. The smallest absolute Gasteiger partial charge is 0.295 e. The Kier molecular flexibility index (Phi) is 4.67. The first-order valence-corrected chi connectivity index (χ1v) is 10.1. The van der Waals surface area contributed by atoms with Gasteiger partial charge in [-0.15, -0.1) is 5.10 Å². The lowest BCUT2D eigenvalue weighted by molar-refractivity contribution is 0.0984. The third-order valence-electron chi connectivity index (χ3n) is 4.03. The number of nitrogens with zero attached hydrogens (tertiary/aromatic N) is 4. The van der Waals surface area contributed by atoms with Gasteiger partial charge in [0.25, 0.3) is 15.9 Å². The molecule has 0 aliphatic heterocycles. The van der Waals surface area contributed by atoms with Crippen LogP contribution in [0.1, 0.15) is 28.7 Å². The molecule has 26 heavy (non-hydrogen) atoms. The Bertz CT molecular complexity index is 1160. The second-order valence-corrected chi connectivity index (χ2v) is 8.22. The molecule has 0 aliphatic rings. The van der Waals surface area contributed by atoms with Crippen LogP contribution in [0.2, 0.25) is 0 Å². The van der Waals surface area contributed by atoms with Crippen LogP contribution < -0.4 is 10.4 Å². The predicted octanol–water partition coefficient (Wildman–Crippen LogP) is 0.800. The topological polar surface area (TPSA) is 116 Å². The highest BCUT2D eigenvalue weighted by atomic mass is 32.2. The molecule has 11 heteroatoms. The van der Waals surface area contributed by atoms with E-state index in [9.17, 15) is 18.0 Å². The van der Waals surface area contributed by atoms with E-state index in [0.29, 0.717) is 23.1 Å². The molecule has 2 heterocycles. The molecule has 3 rings (SSSR count). The SMILES string of the molecule is CCCc1nnsc1C(=O)NS(=O)(=O)c1ccc2c(c1)n(C)c(=O)n2C. The van der Waals surface area contributed by atoms with Crippen molar-refractivity contribution in [3.8, 4) is 0 Å². The number of rotatable bonds is 5. The van der Waals surface area contributed by atoms with Crippen molar-refractivity contribution in [3.05, 3.63) is 39.3 Å². The molecule has 0 fully saturated rings. The molecule has 0 unspecified atom stereocenters. The van der Waals surface area contributed by atoms with Gasteiger partial charge in [-0.2, -0.15) is 0 Å². The van der Waals surface area contributed by atoms with Crippen molar-refractivity contribution < 1.29 is 13.2 Å². The number of aryl methyl sites for hydroxylation is 3. The highest BCUT2D eigenvalue weighted by Gasteiger charge is 2.24. The van der Waals surface area contributed by atoms with Crippen molar-refractivity contribution in [2.75, 3.05) is 0 Å². The normalized spacial score (nSPS) is 11.8. The Hall–Kier alpha value is -2.53. The Balaban J connectivity index is 1.96. The lowest BCUT2D eigenvalue weighted by Gasteiger charge is -2.07. The average molecular weight is 395 g/mol. The fourth-order valence-corrected chi connectivity index (χ4v) is 4.31. The van der Waals surface area contributed by atoms with Crippen LogP contribution in [0, 0.1) is 0 Å². The highest BCUT2D eigenvalue weighted by molar-refractivity contribution is 7.90. The quantitative estimate of drug-likeness (QED) is 0.683. The van der Waals surface area contributed by atoms with Gasteiger partial charge in [-0.1, -0.05) is 17.8 Å². The van der Waals surface area contributed by atoms with Crippen LogP contribution >= 0.6 is 11.5 Å². The molecule has 0 aliphatic carbocycles. The molecular formula is C15H17N5O4S2. The molecule has 1 amide bonds. The van der Waals surface area contributed by atoms with Crippen LogP contribution in [0.25, 0.3) is 11.0 Å². The number of amides is 1. The van der Waals surface area contributed by atoms with Crippen molar-refractivity contribution >= 4 is 38.5 Å². The Labute approximate surface area is 153 Å². The molecule has 0 saturated heterocycles. The van der Waals surface area contributed by atoms with E-state index in [1.54, 1.807) is 14.1 Å². The third kappa shape index (κ3) is 3.03. The maximum absolute atomic E-state index is 12.6. The molecule has 1 N–H and O–H groups in total. The zero-order chi connectivity index (χ0) is 19.1. The summed E-state index contributed by atoms with van der Waals surface area (Å²) < 4.78 is 33.7. The maximum Gasteiger partial charge on any atom is 0.328 e. The molecule has 138 valence electrons. The number of aromatic nitrogens is 4. The minimum absolute atomic E-state index is 0.103. The van der Waals surface area contributed by atoms with Gasteiger partial charge in [0, 0.05) is 14.1 Å². The fraction of sp³-hybridized carbons (Fsp3) is 0.333. The number of benzene rings is 1. The molecule has 3 aromatic rings. The molecule has 9 nitrogen and oxygen atoms in total. The summed E-state index contributed by atoms with van der Waals surface area (Å²) in [5.41, 5.74) is 1.27. The monoisotopic (exact) mass is 395 g/mol. The number of carbonyl (C=O) groups is 1. The number of imidazole rings is 1. The first kappa shape index (κ1) is 18.3. The second kappa shape index (κ2) is 6.65. The number of carbonyl (C=O) groups excluding carboxylic acids is 1. The largest absolute Gasteiger partial charge is 0.328 e. The maximum atomic E-state index is 12.6. The summed E-state index contributed by atoms with van der Waals surface area (Å²) in [6.07, 6.45) is 1.30. The van der Waals surface area contributed by atoms with Crippen molar-refractivity contribution in [3.63, 3.8) is 0 Å². The molecule has 1 aromatic carbocycles. The van der Waals surface area contributed by atoms with Crippen LogP contribution in [-0.4, -0.2) is 33.0 Å². The predicted molar refractivity (Wildman–Crippen MR) is 96.7 cm³/mol. The molecular weight excluding hydrogens is 378 g/mol. The lowest BCUT2D eigenvalue weighted by Crippen LogP contribution is -2.30. The Morgan fingerprint density at radius 3 is 2.62 bits per heavy atom. The summed E-state index contributed by atoms with van der Waals surface area (Å²) in [7, 11) is -0.943. The number of hydrogen-bond donors (Lipinski definition) is 1. The number of hydrogen-bond acceptors (Lipinski definition) is 7. The standard InChI is InChI=1S/C15H17N5O4S2/c1-4-5-10-13(25-18-16-10)14(21)17-26(23,24)9-6-7-11-12(8-9)20(3)15(22)19(11)2/h6-8H,4-5H2,1-3H3,(H,17,21). The van der Waals surface area contributed by atoms with Crippen LogP contribution in [0.3, 0.4) is 0 Å². The van der Waals surface area contributed by atoms with Crippen molar-refractivity contribution in [2.45, 2.75) is 24.7 Å². The van der Waals surface area contributed by atoms with E-state index >= 15 is 0 Å². The van der Waals surface area contributed by atoms with Gasteiger partial charge in [0.15, 0.2) is 0 Å². The van der Waals surface area contributed by atoms with Gasteiger partial charge < -0.3 is 0 Å². The molecule has 0 saturated carbocycles. The minimum Gasteiger partial charge on any atom is -0.295 e. The second-order valence-electron chi connectivity index (χ2n) is 5.78. The van der Waals surface area contributed by atoms with Crippen LogP contribution in [0.5, 0.6) is 0 Å². The van der Waals surface area contributed by atoms with E-state index in [1.807, 2.05) is 11.6 Å². The van der Waals surface area contributed by atoms with E-state index in [-0.39, 0.29) is 15.5 Å². The van der Waals surface area contributed by atoms with E-state index in [0.717, 1.165) is 18.0 Å². The number of sulfonamides is 1. The molecule has 2 aromatic heterocycles. The first-order chi connectivity index (χ1) is 12.3. The Morgan fingerprint density at radius 2 is 1.92 bits per heavy atom. The van der Waals surface area contributed by atoms with E-state index in [2.05, 4.69) is 9.59 Å². The summed E-state index contributed by atoms with van der Waals surface area (Å²) in [4.78, 5) is 24.4. The number of nitrogens with one attached hydrogen (secondary N) is 1. The van der Waals surface area contributed by atoms with Crippen molar-refractivity contribution in [2.24, 2.45) is 14.1 Å². The van der Waals surface area contributed by atoms with Gasteiger partial charge in [-0.25, -0.2) is 17.9 Å². The molecule has 0 radical (unpaired) electrons. The van der Waals surface area contributed by atoms with Gasteiger partial charge in [-0.05, 0) is 36.2 Å². The minimum atomic E-state index is -4.10. The summed E-state index contributed by atoms with van der Waals surface area (Å²) >= 11 is 0.857. The lowest BCUT2D eigenvalue weighted by atomic mass is 10.2.